The van der Waals surface area contributed by atoms with Crippen molar-refractivity contribution in [3.63, 3.8) is 0 Å². The molecule has 3 N–H and O–H groups in total. The number of carbonyl (C=O) groups excluding carboxylic acids is 2. The highest BCUT2D eigenvalue weighted by Gasteiger charge is 2.08. The summed E-state index contributed by atoms with van der Waals surface area (Å²) in [5.74, 6) is -0.458. The van der Waals surface area contributed by atoms with Crippen molar-refractivity contribution < 1.29 is 14.7 Å². The minimum Gasteiger partial charge on any atom is -0.507 e. The first-order chi connectivity index (χ1) is 7.43. The van der Waals surface area contributed by atoms with E-state index in [4.69, 9.17) is 5.73 Å². The van der Waals surface area contributed by atoms with Gasteiger partial charge in [0.2, 0.25) is 0 Å². The molecular weight excluding hydrogens is 206 g/mol. The molecular formula is C12H17NO3. The van der Waals surface area contributed by atoms with Crippen molar-refractivity contribution >= 4 is 11.6 Å². The number of nitrogens with two attached hydrogens (primary N) is 1. The van der Waals surface area contributed by atoms with E-state index in [1.54, 1.807) is 0 Å². The fraction of sp³-hybridized carbons (Fsp3) is 0.333. The molecule has 0 heterocycles. The summed E-state index contributed by atoms with van der Waals surface area (Å²) in [4.78, 5) is 21.9. The summed E-state index contributed by atoms with van der Waals surface area (Å²) < 4.78 is 0. The van der Waals surface area contributed by atoms with Crippen LogP contribution in [0.3, 0.4) is 0 Å². The van der Waals surface area contributed by atoms with Gasteiger partial charge in [-0.2, -0.15) is 0 Å². The summed E-state index contributed by atoms with van der Waals surface area (Å²) in [5.41, 5.74) is 5.47. The van der Waals surface area contributed by atoms with Gasteiger partial charge in [0.05, 0.1) is 5.56 Å². The van der Waals surface area contributed by atoms with Crippen LogP contribution in [-0.2, 0) is 0 Å². The normalized spacial score (nSPS) is 9.00. The maximum Gasteiger partial charge on any atom is 0.163 e. The Balaban J connectivity index is 0.000000673. The van der Waals surface area contributed by atoms with Crippen LogP contribution < -0.4 is 5.73 Å². The predicted molar refractivity (Wildman–Crippen MR) is 62.8 cm³/mol. The lowest BCUT2D eigenvalue weighted by Crippen LogP contribution is -1.98. The first-order valence-electron chi connectivity index (χ1n) is 4.99. The van der Waals surface area contributed by atoms with Crippen molar-refractivity contribution in [2.45, 2.75) is 20.8 Å². The molecule has 0 spiro atoms. The molecule has 0 aliphatic heterocycles. The second-order valence-corrected chi connectivity index (χ2v) is 3.25. The number of Topliss-reactive ketones (excluding diaryl/α,β-unsaturated/α-hetero) is 2. The van der Waals surface area contributed by atoms with E-state index in [0.29, 0.717) is 5.56 Å². The lowest BCUT2D eigenvalue weighted by atomic mass is 10.0. The van der Waals surface area contributed by atoms with Gasteiger partial charge >= 0.3 is 0 Å². The number of hydrogen-bond donors (Lipinski definition) is 2. The van der Waals surface area contributed by atoms with E-state index < -0.39 is 0 Å². The number of aromatic hydroxyl groups is 1. The molecule has 4 heteroatoms. The summed E-state index contributed by atoms with van der Waals surface area (Å²) in [7, 11) is 0. The van der Waals surface area contributed by atoms with Gasteiger partial charge in [-0.15, -0.1) is 0 Å². The average Bonchev–Trinajstić information content (AvgIpc) is 2.18. The molecule has 0 radical (unpaired) electrons. The quantitative estimate of drug-likeness (QED) is 0.749. The molecule has 0 amide bonds. The lowest BCUT2D eigenvalue weighted by molar-refractivity contribution is 0.101. The van der Waals surface area contributed by atoms with Gasteiger partial charge in [0.1, 0.15) is 5.75 Å². The SMILES string of the molecule is CC(=O)c1ccc(O)c(C(C)=O)c1.CCN. The zero-order chi connectivity index (χ0) is 12.7. The molecule has 0 saturated heterocycles. The molecule has 1 aromatic rings. The van der Waals surface area contributed by atoms with Gasteiger partial charge in [-0.1, -0.05) is 6.92 Å². The number of hydrogen-bond acceptors (Lipinski definition) is 4. The van der Waals surface area contributed by atoms with Gasteiger partial charge < -0.3 is 10.8 Å². The van der Waals surface area contributed by atoms with Gasteiger partial charge in [0.25, 0.3) is 0 Å². The lowest BCUT2D eigenvalue weighted by Gasteiger charge is -2.01. The molecule has 1 aromatic carbocycles. The van der Waals surface area contributed by atoms with Crippen LogP contribution in [-0.4, -0.2) is 23.2 Å². The maximum absolute atomic E-state index is 11.0. The number of ketones is 2. The molecule has 16 heavy (non-hydrogen) atoms. The molecule has 0 aromatic heterocycles. The number of phenols is 1. The molecule has 0 unspecified atom stereocenters. The van der Waals surface area contributed by atoms with Crippen LogP contribution in [0.5, 0.6) is 5.75 Å². The number of rotatable bonds is 2. The summed E-state index contributed by atoms with van der Waals surface area (Å²) >= 11 is 0. The maximum atomic E-state index is 11.0. The molecule has 4 nitrogen and oxygen atoms in total. The third-order valence-electron chi connectivity index (χ3n) is 1.78. The van der Waals surface area contributed by atoms with Crippen LogP contribution in [0.2, 0.25) is 0 Å². The second kappa shape index (κ2) is 6.74. The van der Waals surface area contributed by atoms with Crippen LogP contribution in [0.1, 0.15) is 41.5 Å². The molecule has 0 atom stereocenters. The highest BCUT2D eigenvalue weighted by Crippen LogP contribution is 2.19. The Hall–Kier alpha value is -1.68. The van der Waals surface area contributed by atoms with Crippen molar-refractivity contribution in [2.24, 2.45) is 5.73 Å². The van der Waals surface area contributed by atoms with Crippen LogP contribution in [0.4, 0.5) is 0 Å². The fourth-order valence-corrected chi connectivity index (χ4v) is 1.04. The topological polar surface area (TPSA) is 80.4 Å². The van der Waals surface area contributed by atoms with Crippen molar-refractivity contribution in [1.29, 1.82) is 0 Å². The van der Waals surface area contributed by atoms with E-state index in [2.05, 4.69) is 0 Å². The molecule has 0 saturated carbocycles. The zero-order valence-electron chi connectivity index (χ0n) is 9.78. The summed E-state index contributed by atoms with van der Waals surface area (Å²) in [6, 6.07) is 4.25. The Bertz CT molecular complexity index is 386. The van der Waals surface area contributed by atoms with E-state index in [1.807, 2.05) is 6.92 Å². The van der Waals surface area contributed by atoms with Crippen LogP contribution in [0, 0.1) is 0 Å². The monoisotopic (exact) mass is 223 g/mol. The largest absolute Gasteiger partial charge is 0.507 e. The van der Waals surface area contributed by atoms with Gasteiger partial charge in [-0.25, -0.2) is 0 Å². The van der Waals surface area contributed by atoms with Crippen molar-refractivity contribution in [1.82, 2.24) is 0 Å². The van der Waals surface area contributed by atoms with E-state index in [1.165, 1.54) is 32.0 Å². The molecule has 0 bridgehead atoms. The standard InChI is InChI=1S/C10H10O3.C2H7N/c1-6(11)8-3-4-10(13)9(5-8)7(2)12;1-2-3/h3-5,13H,1-2H3;2-3H2,1H3. The highest BCUT2D eigenvalue weighted by atomic mass is 16.3. The third-order valence-corrected chi connectivity index (χ3v) is 1.78. The Morgan fingerprint density at radius 1 is 1.25 bits per heavy atom. The summed E-state index contributed by atoms with van der Waals surface area (Å²) in [6.07, 6.45) is 0. The van der Waals surface area contributed by atoms with Crippen LogP contribution >= 0.6 is 0 Å². The zero-order valence-corrected chi connectivity index (χ0v) is 9.78. The Morgan fingerprint density at radius 3 is 2.12 bits per heavy atom. The molecule has 1 rings (SSSR count). The van der Waals surface area contributed by atoms with E-state index in [0.717, 1.165) is 6.54 Å². The smallest absolute Gasteiger partial charge is 0.163 e. The Labute approximate surface area is 95.1 Å². The summed E-state index contributed by atoms with van der Waals surface area (Å²) in [6.45, 7) is 5.41. The van der Waals surface area contributed by atoms with Crippen LogP contribution in [0.25, 0.3) is 0 Å². The third kappa shape index (κ3) is 4.23. The van der Waals surface area contributed by atoms with Gasteiger partial charge in [-0.05, 0) is 38.6 Å². The van der Waals surface area contributed by atoms with E-state index in [9.17, 15) is 14.7 Å². The minimum atomic E-state index is -0.249. The molecule has 0 fully saturated rings. The molecule has 0 aliphatic rings. The fourth-order valence-electron chi connectivity index (χ4n) is 1.04. The van der Waals surface area contributed by atoms with E-state index >= 15 is 0 Å². The Morgan fingerprint density at radius 2 is 1.75 bits per heavy atom. The first-order valence-corrected chi connectivity index (χ1v) is 4.99. The van der Waals surface area contributed by atoms with E-state index in [-0.39, 0.29) is 22.9 Å². The van der Waals surface area contributed by atoms with Gasteiger partial charge in [-0.3, -0.25) is 9.59 Å². The average molecular weight is 223 g/mol. The minimum absolute atomic E-state index is 0.0856. The van der Waals surface area contributed by atoms with Gasteiger partial charge in [0, 0.05) is 5.56 Å². The second-order valence-electron chi connectivity index (χ2n) is 3.25. The highest BCUT2D eigenvalue weighted by molar-refractivity contribution is 6.01. The predicted octanol–water partition coefficient (Wildman–Crippen LogP) is 1.76. The Kier molecular flexibility index (Phi) is 6.03. The first kappa shape index (κ1) is 14.3. The summed E-state index contributed by atoms with van der Waals surface area (Å²) in [5, 5.41) is 9.26. The number of phenolic OH excluding ortho intramolecular Hbond substituents is 1. The molecule has 0 aliphatic carbocycles. The van der Waals surface area contributed by atoms with Crippen LogP contribution in [0.15, 0.2) is 18.2 Å². The van der Waals surface area contributed by atoms with Crippen molar-refractivity contribution in [3.8, 4) is 5.75 Å². The molecule has 88 valence electrons. The number of carbonyl (C=O) groups is 2. The van der Waals surface area contributed by atoms with Crippen molar-refractivity contribution in [2.75, 3.05) is 6.54 Å². The van der Waals surface area contributed by atoms with Crippen molar-refractivity contribution in [3.05, 3.63) is 29.3 Å². The van der Waals surface area contributed by atoms with Gasteiger partial charge in [0.15, 0.2) is 11.6 Å². The number of benzene rings is 1.